The van der Waals surface area contributed by atoms with Crippen molar-refractivity contribution in [3.05, 3.63) is 64.2 Å². The molecule has 0 radical (unpaired) electrons. The van der Waals surface area contributed by atoms with Crippen molar-refractivity contribution in [2.75, 3.05) is 9.80 Å². The highest BCUT2D eigenvalue weighted by atomic mass is 19.4. The second-order valence-corrected chi connectivity index (χ2v) is 12.6. The highest BCUT2D eigenvalue weighted by molar-refractivity contribution is 5.97. The lowest BCUT2D eigenvalue weighted by Gasteiger charge is -2.45. The van der Waals surface area contributed by atoms with Crippen molar-refractivity contribution in [3.63, 3.8) is 0 Å². The van der Waals surface area contributed by atoms with Crippen LogP contribution in [0.2, 0.25) is 0 Å². The van der Waals surface area contributed by atoms with E-state index in [0.29, 0.717) is 37.8 Å². The van der Waals surface area contributed by atoms with Crippen molar-refractivity contribution in [3.8, 4) is 0 Å². The number of nitrogens with zero attached hydrogens (tertiary/aromatic N) is 6. The first-order chi connectivity index (χ1) is 22.7. The summed E-state index contributed by atoms with van der Waals surface area (Å²) in [5.41, 5.74) is 0.720. The fourth-order valence-electron chi connectivity index (χ4n) is 6.75. The van der Waals surface area contributed by atoms with Crippen LogP contribution in [-0.2, 0) is 41.7 Å². The van der Waals surface area contributed by atoms with Gasteiger partial charge in [0, 0.05) is 30.6 Å². The van der Waals surface area contributed by atoms with Crippen LogP contribution in [0.3, 0.4) is 0 Å². The van der Waals surface area contributed by atoms with E-state index in [1.807, 2.05) is 0 Å². The van der Waals surface area contributed by atoms with E-state index in [2.05, 4.69) is 15.4 Å². The number of benzene rings is 2. The quantitative estimate of drug-likeness (QED) is 0.270. The summed E-state index contributed by atoms with van der Waals surface area (Å²) < 4.78 is 124. The molecular weight excluding hydrogens is 673 g/mol. The summed E-state index contributed by atoms with van der Waals surface area (Å²) in [6.07, 6.45) is -13.1. The number of nitrogens with two attached hydrogens (primary N) is 1. The molecule has 266 valence electrons. The van der Waals surface area contributed by atoms with Gasteiger partial charge in [0.25, 0.3) is 5.95 Å². The predicted octanol–water partition coefficient (Wildman–Crippen LogP) is 6.82. The number of amides is 2. The van der Waals surface area contributed by atoms with E-state index in [-0.39, 0.29) is 47.9 Å². The summed E-state index contributed by atoms with van der Waals surface area (Å²) in [6, 6.07) is 1.99. The Bertz CT molecular complexity index is 1660. The number of rotatable bonds is 7. The van der Waals surface area contributed by atoms with Crippen LogP contribution in [0.15, 0.2) is 36.4 Å². The third-order valence-electron chi connectivity index (χ3n) is 9.03. The smallest absolute Gasteiger partial charge is 0.370 e. The second-order valence-electron chi connectivity index (χ2n) is 12.6. The Morgan fingerprint density at radius 2 is 1.47 bits per heavy atom. The Hall–Kier alpha value is -4.38. The number of aromatic nitrogens is 4. The first-order valence-corrected chi connectivity index (χ1v) is 15.3. The molecule has 1 unspecified atom stereocenters. The highest BCUT2D eigenvalue weighted by Crippen LogP contribution is 2.46. The third kappa shape index (κ3) is 7.93. The van der Waals surface area contributed by atoms with E-state index in [9.17, 15) is 49.1 Å². The van der Waals surface area contributed by atoms with Gasteiger partial charge < -0.3 is 15.5 Å². The van der Waals surface area contributed by atoms with E-state index >= 15 is 0 Å². The van der Waals surface area contributed by atoms with Crippen LogP contribution in [0, 0.1) is 11.8 Å². The fraction of sp³-hybridized carbons (Fsp3) is 0.516. The summed E-state index contributed by atoms with van der Waals surface area (Å²) >= 11 is 0. The molecule has 1 aliphatic carbocycles. The van der Waals surface area contributed by atoms with Crippen molar-refractivity contribution < 1.29 is 49.1 Å². The van der Waals surface area contributed by atoms with E-state index in [1.54, 1.807) is 6.92 Å². The molecule has 1 fully saturated rings. The zero-order chi connectivity index (χ0) is 36.1. The zero-order valence-electron chi connectivity index (χ0n) is 26.2. The van der Waals surface area contributed by atoms with Gasteiger partial charge in [-0.3, -0.25) is 9.59 Å². The molecule has 0 bridgehead atoms. The number of primary amides is 1. The van der Waals surface area contributed by atoms with Crippen molar-refractivity contribution in [1.29, 1.82) is 0 Å². The topological polar surface area (TPSA) is 110 Å². The first-order valence-electron chi connectivity index (χ1n) is 15.3. The number of alkyl halides is 9. The Kier molecular flexibility index (Phi) is 9.64. The molecule has 2 amide bonds. The number of fused-ring (bicyclic) bond motifs is 1. The van der Waals surface area contributed by atoms with Gasteiger partial charge in [-0.2, -0.15) is 44.3 Å². The monoisotopic (exact) mass is 705 g/mol. The largest absolute Gasteiger partial charge is 0.416 e. The molecule has 2 heterocycles. The zero-order valence-corrected chi connectivity index (χ0v) is 26.2. The molecule has 1 aliphatic heterocycles. The summed E-state index contributed by atoms with van der Waals surface area (Å²) in [5, 5.41) is 11.7. The van der Waals surface area contributed by atoms with Gasteiger partial charge in [-0.25, -0.2) is 0 Å². The van der Waals surface area contributed by atoms with Crippen molar-refractivity contribution in [1.82, 2.24) is 20.2 Å². The average molecular weight is 706 g/mol. The standard InChI is InChI=1S/C31H32F9N7O2/c1-16-9-25(46(28-42-44-45(2)43-28)15-18-10-21(30(35,36)37)13-22(11-18)31(38,39)40)23-14-20(29(32,33)34)7-8-24(23)47(16)27(49)19-5-3-17(4-6-19)12-26(41)48/h7-8,10-11,13-14,16-17,19,25H,3-6,9,12,15H2,1-2H3,(H2,41,48)/t16-,17-,19-,25?/m1/s1. The molecule has 3 aromatic rings. The molecule has 0 saturated heterocycles. The van der Waals surface area contributed by atoms with Gasteiger partial charge in [0.15, 0.2) is 0 Å². The first kappa shape index (κ1) is 35.9. The highest BCUT2D eigenvalue weighted by Gasteiger charge is 2.43. The number of carbonyl (C=O) groups is 2. The molecule has 2 aromatic carbocycles. The van der Waals surface area contributed by atoms with E-state index in [4.69, 9.17) is 5.73 Å². The number of halogens is 9. The SMILES string of the molecule is C[C@@H]1CC(N(Cc2cc(C(F)(F)F)cc(C(F)(F)F)c2)c2nnn(C)n2)c2cc(C(F)(F)F)ccc2N1C(=O)[C@H]1CC[C@H](CC(N)=O)CC1. The summed E-state index contributed by atoms with van der Waals surface area (Å²) in [7, 11) is 1.36. The van der Waals surface area contributed by atoms with Crippen molar-refractivity contribution >= 4 is 23.5 Å². The maximum atomic E-state index is 14.0. The van der Waals surface area contributed by atoms with Crippen LogP contribution in [0.1, 0.15) is 79.3 Å². The maximum Gasteiger partial charge on any atom is 0.416 e. The minimum absolute atomic E-state index is 0.00749. The minimum atomic E-state index is -5.14. The van der Waals surface area contributed by atoms with Gasteiger partial charge in [0.1, 0.15) is 0 Å². The van der Waals surface area contributed by atoms with E-state index < -0.39 is 71.2 Å². The minimum Gasteiger partial charge on any atom is -0.370 e. The summed E-state index contributed by atoms with van der Waals surface area (Å²) in [5.74, 6) is -1.56. The van der Waals surface area contributed by atoms with Crippen LogP contribution < -0.4 is 15.5 Å². The van der Waals surface area contributed by atoms with Crippen molar-refractivity contribution in [2.45, 2.75) is 82.6 Å². The number of carbonyl (C=O) groups excluding carboxylic acids is 2. The van der Waals surface area contributed by atoms with Crippen LogP contribution in [0.4, 0.5) is 51.1 Å². The number of hydrogen-bond acceptors (Lipinski definition) is 6. The lowest BCUT2D eigenvalue weighted by Crippen LogP contribution is -2.49. The van der Waals surface area contributed by atoms with Gasteiger partial charge in [-0.15, -0.1) is 5.10 Å². The molecule has 18 heteroatoms. The van der Waals surface area contributed by atoms with Crippen LogP contribution >= 0.6 is 0 Å². The number of aryl methyl sites for hydroxylation is 1. The third-order valence-corrected chi connectivity index (χ3v) is 9.03. The molecule has 9 nitrogen and oxygen atoms in total. The van der Waals surface area contributed by atoms with Gasteiger partial charge >= 0.3 is 18.5 Å². The maximum absolute atomic E-state index is 14.0. The fourth-order valence-corrected chi connectivity index (χ4v) is 6.75. The Labute approximate surface area is 274 Å². The lowest BCUT2D eigenvalue weighted by atomic mass is 9.79. The predicted molar refractivity (Wildman–Crippen MR) is 156 cm³/mol. The molecule has 2 aliphatic rings. The summed E-state index contributed by atoms with van der Waals surface area (Å²) in [4.78, 5) is 29.0. The molecule has 49 heavy (non-hydrogen) atoms. The van der Waals surface area contributed by atoms with E-state index in [0.717, 1.165) is 23.0 Å². The molecule has 1 aromatic heterocycles. The van der Waals surface area contributed by atoms with Gasteiger partial charge in [0.05, 0.1) is 29.8 Å². The second kappa shape index (κ2) is 13.2. The van der Waals surface area contributed by atoms with Crippen molar-refractivity contribution in [2.24, 2.45) is 24.6 Å². The molecule has 2 atom stereocenters. The molecule has 5 rings (SSSR count). The molecular formula is C31H32F9N7O2. The average Bonchev–Trinajstić information content (AvgIpc) is 3.43. The van der Waals surface area contributed by atoms with Crippen LogP contribution in [0.25, 0.3) is 0 Å². The molecule has 0 spiro atoms. The normalized spacial score (nSPS) is 21.7. The lowest BCUT2D eigenvalue weighted by molar-refractivity contribution is -0.143. The molecule has 1 saturated carbocycles. The van der Waals surface area contributed by atoms with Crippen LogP contribution in [-0.4, -0.2) is 38.1 Å². The number of anilines is 2. The van der Waals surface area contributed by atoms with Gasteiger partial charge in [-0.05, 0) is 97.7 Å². The van der Waals surface area contributed by atoms with E-state index in [1.165, 1.54) is 16.8 Å². The number of tetrazole rings is 1. The Morgan fingerprint density at radius 1 is 0.878 bits per heavy atom. The van der Waals surface area contributed by atoms with Gasteiger partial charge in [-0.1, -0.05) is 5.10 Å². The Balaban J connectivity index is 1.59. The summed E-state index contributed by atoms with van der Waals surface area (Å²) in [6.45, 7) is 0.974. The molecule has 2 N–H and O–H groups in total. The Morgan fingerprint density at radius 3 is 1.98 bits per heavy atom. The number of hydrogen-bond donors (Lipinski definition) is 1. The van der Waals surface area contributed by atoms with Crippen LogP contribution in [0.5, 0.6) is 0 Å². The van der Waals surface area contributed by atoms with Gasteiger partial charge in [0.2, 0.25) is 11.8 Å².